The molecule has 174 valence electrons. The lowest BCUT2D eigenvalue weighted by Crippen LogP contribution is -2.38. The van der Waals surface area contributed by atoms with Gasteiger partial charge >= 0.3 is 6.09 Å². The first-order valence-electron chi connectivity index (χ1n) is 11.3. The normalized spacial score (nSPS) is 25.2. The van der Waals surface area contributed by atoms with Gasteiger partial charge < -0.3 is 20.9 Å². The first-order valence-corrected chi connectivity index (χ1v) is 11.3. The molecule has 2 aliphatic carbocycles. The first-order chi connectivity index (χ1) is 13.9. The van der Waals surface area contributed by atoms with Gasteiger partial charge in [0.25, 0.3) is 0 Å². The summed E-state index contributed by atoms with van der Waals surface area (Å²) < 4.78 is 5.22. The Balaban J connectivity index is 0.000000586. The number of carbonyl (C=O) groups is 1. The van der Waals surface area contributed by atoms with Gasteiger partial charge in [-0.25, -0.2) is 4.79 Å². The number of carbonyl (C=O) groups excluding carboxylic acids is 1. The van der Waals surface area contributed by atoms with Gasteiger partial charge in [0.2, 0.25) is 0 Å². The lowest BCUT2D eigenvalue weighted by molar-refractivity contribution is 0.131. The van der Waals surface area contributed by atoms with Crippen LogP contribution in [-0.2, 0) is 11.3 Å². The molecule has 1 aromatic carbocycles. The van der Waals surface area contributed by atoms with Crippen molar-refractivity contribution < 1.29 is 14.6 Å². The molecule has 2 aliphatic rings. The van der Waals surface area contributed by atoms with E-state index >= 15 is 0 Å². The van der Waals surface area contributed by atoms with Crippen molar-refractivity contribution in [2.24, 2.45) is 17.6 Å². The lowest BCUT2D eigenvalue weighted by Gasteiger charge is -2.27. The van der Waals surface area contributed by atoms with E-state index < -0.39 is 0 Å². The van der Waals surface area contributed by atoms with Crippen molar-refractivity contribution in [1.29, 1.82) is 0 Å². The summed E-state index contributed by atoms with van der Waals surface area (Å²) in [6, 6.07) is 10.5. The van der Waals surface area contributed by atoms with Gasteiger partial charge in [-0.1, -0.05) is 77.3 Å². The Morgan fingerprint density at radius 3 is 2.13 bits per heavy atom. The highest BCUT2D eigenvalue weighted by molar-refractivity contribution is 5.67. The van der Waals surface area contributed by atoms with Crippen molar-refractivity contribution in [3.05, 3.63) is 35.9 Å². The zero-order chi connectivity index (χ0) is 21.5. The number of aliphatic hydroxyl groups excluding tert-OH is 1. The summed E-state index contributed by atoms with van der Waals surface area (Å²) in [6.45, 7) is 6.80. The average Bonchev–Trinajstić information content (AvgIpc) is 2.68. The fourth-order valence-electron chi connectivity index (χ4n) is 3.98. The van der Waals surface area contributed by atoms with Gasteiger partial charge in [-0.15, -0.1) is 0 Å². The molecule has 4 N–H and O–H groups in total. The monoisotopic (exact) mass is 422 g/mol. The summed E-state index contributed by atoms with van der Waals surface area (Å²) in [5.41, 5.74) is 6.74. The highest BCUT2D eigenvalue weighted by Crippen LogP contribution is 2.23. The van der Waals surface area contributed by atoms with Crippen LogP contribution in [0.25, 0.3) is 0 Å². The van der Waals surface area contributed by atoms with Gasteiger partial charge in [0, 0.05) is 18.7 Å². The predicted molar refractivity (Wildman–Crippen MR) is 126 cm³/mol. The summed E-state index contributed by atoms with van der Waals surface area (Å²) in [6.07, 6.45) is 9.58. The number of hydrogen-bond acceptors (Lipinski definition) is 4. The van der Waals surface area contributed by atoms with E-state index in [2.05, 4.69) is 19.2 Å². The smallest absolute Gasteiger partial charge is 0.407 e. The second-order valence-corrected chi connectivity index (χ2v) is 8.52. The predicted octanol–water partition coefficient (Wildman–Crippen LogP) is 5.65. The maximum Gasteiger partial charge on any atom is 0.407 e. The third kappa shape index (κ3) is 13.6. The molecule has 0 saturated heterocycles. The Morgan fingerprint density at radius 1 is 1.07 bits per heavy atom. The van der Waals surface area contributed by atoms with Gasteiger partial charge in [-0.3, -0.25) is 0 Å². The number of nitrogens with two attached hydrogens (primary N) is 1. The van der Waals surface area contributed by atoms with E-state index in [0.717, 1.165) is 24.3 Å². The summed E-state index contributed by atoms with van der Waals surface area (Å²) in [5.74, 6) is 1.59. The van der Waals surface area contributed by atoms with Crippen LogP contribution in [0.5, 0.6) is 0 Å². The van der Waals surface area contributed by atoms with Crippen LogP contribution in [0.1, 0.15) is 85.1 Å². The van der Waals surface area contributed by atoms with Gasteiger partial charge in [0.05, 0.1) is 0 Å². The summed E-state index contributed by atoms with van der Waals surface area (Å²) >= 11 is 0. The van der Waals surface area contributed by atoms with Crippen LogP contribution in [-0.4, -0.2) is 29.9 Å². The summed E-state index contributed by atoms with van der Waals surface area (Å²) in [4.78, 5) is 11.7. The fraction of sp³-hybridized carbons (Fsp3) is 0.720. The second kappa shape index (κ2) is 17.1. The molecule has 3 rings (SSSR count). The lowest BCUT2D eigenvalue weighted by atomic mass is 9.87. The van der Waals surface area contributed by atoms with E-state index in [9.17, 15) is 4.79 Å². The minimum absolute atomic E-state index is 0. The molecule has 0 radical (unpaired) electrons. The van der Waals surface area contributed by atoms with Crippen LogP contribution in [0.4, 0.5) is 4.79 Å². The average molecular weight is 423 g/mol. The molecule has 1 amide bonds. The number of amides is 1. The van der Waals surface area contributed by atoms with Crippen LogP contribution in [0.2, 0.25) is 0 Å². The Morgan fingerprint density at radius 2 is 1.63 bits per heavy atom. The van der Waals surface area contributed by atoms with E-state index in [1.807, 2.05) is 30.3 Å². The van der Waals surface area contributed by atoms with Crippen LogP contribution < -0.4 is 11.1 Å². The Labute approximate surface area is 184 Å². The zero-order valence-electron chi connectivity index (χ0n) is 18.6. The minimum atomic E-state index is -0.294. The Kier molecular flexibility index (Phi) is 16.2. The van der Waals surface area contributed by atoms with Crippen molar-refractivity contribution in [2.75, 3.05) is 6.61 Å². The summed E-state index contributed by atoms with van der Waals surface area (Å²) in [7, 11) is 0. The molecule has 2 fully saturated rings. The Hall–Kier alpha value is -1.59. The third-order valence-electron chi connectivity index (χ3n) is 5.45. The number of nitrogens with one attached hydrogen (secondary N) is 1. The molecule has 1 aromatic rings. The van der Waals surface area contributed by atoms with Crippen LogP contribution in [0.15, 0.2) is 30.3 Å². The SMILES string of the molecule is C.CCO.C[C@H]1CCC[C@@H](N)C1.C[C@H]1CCC[C@@H](NC(=O)OCc2ccccc2)C1. The standard InChI is InChI=1S/C15H21NO2.C7H15N.C2H6O.CH4/c1-12-6-5-9-14(10-12)16-15(17)18-11-13-7-3-2-4-8-13;1-6-3-2-4-7(8)5-6;1-2-3;/h2-4,7-8,12,14H,5-6,9-11H2,1H3,(H,16,17);6-7H,2-5,8H2,1H3;3H,2H2,1H3;1H4/t12-,14+;6-,7+;;/m00../s1. The summed E-state index contributed by atoms with van der Waals surface area (Å²) in [5, 5.41) is 10.5. The molecule has 0 bridgehead atoms. The second-order valence-electron chi connectivity index (χ2n) is 8.52. The topological polar surface area (TPSA) is 84.6 Å². The van der Waals surface area contributed by atoms with E-state index in [1.54, 1.807) is 6.92 Å². The van der Waals surface area contributed by atoms with Crippen LogP contribution in [0, 0.1) is 11.8 Å². The number of hydrogen-bond donors (Lipinski definition) is 3. The van der Waals surface area contributed by atoms with E-state index in [4.69, 9.17) is 15.6 Å². The van der Waals surface area contributed by atoms with Crippen LogP contribution >= 0.6 is 0 Å². The maximum absolute atomic E-state index is 11.7. The van der Waals surface area contributed by atoms with E-state index in [0.29, 0.717) is 18.6 Å². The van der Waals surface area contributed by atoms with Crippen molar-refractivity contribution in [3.63, 3.8) is 0 Å². The zero-order valence-corrected chi connectivity index (χ0v) is 18.6. The largest absolute Gasteiger partial charge is 0.445 e. The van der Waals surface area contributed by atoms with Crippen molar-refractivity contribution in [1.82, 2.24) is 5.32 Å². The molecule has 0 heterocycles. The third-order valence-corrected chi connectivity index (χ3v) is 5.45. The van der Waals surface area contributed by atoms with Gasteiger partial charge in [-0.2, -0.15) is 0 Å². The minimum Gasteiger partial charge on any atom is -0.445 e. The molecule has 4 atom stereocenters. The molecule has 0 unspecified atom stereocenters. The molecular formula is C25H46N2O3. The molecule has 2 saturated carbocycles. The highest BCUT2D eigenvalue weighted by Gasteiger charge is 2.20. The van der Waals surface area contributed by atoms with Crippen molar-refractivity contribution in [3.8, 4) is 0 Å². The molecule has 0 spiro atoms. The van der Waals surface area contributed by atoms with Crippen molar-refractivity contribution >= 4 is 6.09 Å². The Bertz CT molecular complexity index is 530. The molecular weight excluding hydrogens is 376 g/mol. The molecule has 30 heavy (non-hydrogen) atoms. The van der Waals surface area contributed by atoms with Gasteiger partial charge in [-0.05, 0) is 50.0 Å². The fourth-order valence-corrected chi connectivity index (χ4v) is 3.98. The number of aliphatic hydroxyl groups is 1. The van der Waals surface area contributed by atoms with Crippen LogP contribution in [0.3, 0.4) is 0 Å². The molecule has 5 heteroatoms. The van der Waals surface area contributed by atoms with Gasteiger partial charge in [0.15, 0.2) is 0 Å². The number of benzene rings is 1. The number of alkyl carbamates (subject to hydrolysis) is 1. The quantitative estimate of drug-likeness (QED) is 0.587. The number of ether oxygens (including phenoxy) is 1. The van der Waals surface area contributed by atoms with E-state index in [1.165, 1.54) is 38.5 Å². The van der Waals surface area contributed by atoms with E-state index in [-0.39, 0.29) is 26.2 Å². The van der Waals surface area contributed by atoms with Gasteiger partial charge in [0.1, 0.15) is 6.61 Å². The number of rotatable bonds is 3. The molecule has 0 aliphatic heterocycles. The molecule has 5 nitrogen and oxygen atoms in total. The van der Waals surface area contributed by atoms with Crippen molar-refractivity contribution in [2.45, 2.75) is 98.3 Å². The first kappa shape index (κ1) is 28.4. The highest BCUT2D eigenvalue weighted by atomic mass is 16.5. The maximum atomic E-state index is 11.7. The molecule has 0 aromatic heterocycles.